The Morgan fingerprint density at radius 1 is 1.36 bits per heavy atom. The van der Waals surface area contributed by atoms with Gasteiger partial charge in [0.2, 0.25) is 0 Å². The highest BCUT2D eigenvalue weighted by molar-refractivity contribution is 5.69. The van der Waals surface area contributed by atoms with Crippen LogP contribution in [0, 0.1) is 11.8 Å². The third-order valence-corrected chi connectivity index (χ3v) is 2.54. The topological polar surface area (TPSA) is 46.5 Å². The quantitative estimate of drug-likeness (QED) is 0.670. The third kappa shape index (κ3) is 5.97. The second-order valence-corrected chi connectivity index (χ2v) is 4.12. The lowest BCUT2D eigenvalue weighted by molar-refractivity contribution is -0.146. The predicted molar refractivity (Wildman–Crippen MR) is 55.9 cm³/mol. The largest absolute Gasteiger partial charge is 0.465 e. The molecule has 0 radical (unpaired) electrons. The molecule has 0 aliphatic rings. The summed E-state index contributed by atoms with van der Waals surface area (Å²) >= 11 is 0. The number of aliphatic hydroxyl groups is 1. The number of carbonyl (C=O) groups excluding carboxylic acids is 1. The van der Waals surface area contributed by atoms with E-state index in [1.807, 2.05) is 13.8 Å². The highest BCUT2D eigenvalue weighted by atomic mass is 16.5. The Morgan fingerprint density at radius 3 is 2.36 bits per heavy atom. The molecule has 3 atom stereocenters. The van der Waals surface area contributed by atoms with Gasteiger partial charge < -0.3 is 9.84 Å². The average molecular weight is 202 g/mol. The van der Waals surface area contributed by atoms with Gasteiger partial charge in [-0.1, -0.05) is 27.2 Å². The molecule has 14 heavy (non-hydrogen) atoms. The number of esters is 1. The van der Waals surface area contributed by atoms with Gasteiger partial charge in [0.15, 0.2) is 0 Å². The number of hydrogen-bond acceptors (Lipinski definition) is 3. The first-order valence-electron chi connectivity index (χ1n) is 5.31. The number of aliphatic hydroxyl groups excluding tert-OH is 1. The fraction of sp³-hybridized carbons (Fsp3) is 0.909. The first-order valence-corrected chi connectivity index (χ1v) is 5.31. The summed E-state index contributed by atoms with van der Waals surface area (Å²) < 4.78 is 5.07. The van der Waals surface area contributed by atoms with Crippen LogP contribution in [0.4, 0.5) is 0 Å². The fourth-order valence-electron chi connectivity index (χ4n) is 0.845. The third-order valence-electron chi connectivity index (χ3n) is 2.54. The van der Waals surface area contributed by atoms with Crippen molar-refractivity contribution in [1.82, 2.24) is 0 Å². The zero-order valence-corrected chi connectivity index (χ0v) is 9.62. The van der Waals surface area contributed by atoms with Gasteiger partial charge in [-0.15, -0.1) is 0 Å². The maximum Gasteiger partial charge on any atom is 0.306 e. The Bertz CT molecular complexity index is 166. The van der Waals surface area contributed by atoms with Crippen molar-refractivity contribution in [3.05, 3.63) is 0 Å². The minimum absolute atomic E-state index is 0.0283. The minimum Gasteiger partial charge on any atom is -0.465 e. The normalized spacial score (nSPS) is 17.2. The Morgan fingerprint density at radius 2 is 1.93 bits per heavy atom. The molecule has 0 heterocycles. The van der Waals surface area contributed by atoms with Crippen molar-refractivity contribution in [2.24, 2.45) is 11.8 Å². The molecule has 0 aliphatic heterocycles. The van der Waals surface area contributed by atoms with Gasteiger partial charge in [0.25, 0.3) is 0 Å². The van der Waals surface area contributed by atoms with Crippen LogP contribution in [0.15, 0.2) is 0 Å². The van der Waals surface area contributed by atoms with Crippen LogP contribution in [0.5, 0.6) is 0 Å². The molecular formula is C11H22O3. The van der Waals surface area contributed by atoms with Crippen molar-refractivity contribution in [3.8, 4) is 0 Å². The van der Waals surface area contributed by atoms with Gasteiger partial charge in [0.1, 0.15) is 0 Å². The van der Waals surface area contributed by atoms with E-state index in [2.05, 4.69) is 6.92 Å². The molecule has 3 unspecified atom stereocenters. The van der Waals surface area contributed by atoms with Gasteiger partial charge in [-0.25, -0.2) is 0 Å². The lowest BCUT2D eigenvalue weighted by Crippen LogP contribution is -2.20. The van der Waals surface area contributed by atoms with Crippen molar-refractivity contribution < 1.29 is 14.6 Å². The SMILES string of the molecule is CCC(C)COC(=O)CC(C)C(C)O. The molecule has 0 amide bonds. The second kappa shape index (κ2) is 6.82. The van der Waals surface area contributed by atoms with E-state index in [1.165, 1.54) is 0 Å². The standard InChI is InChI=1S/C11H22O3/c1-5-8(2)7-14-11(13)6-9(3)10(4)12/h8-10,12H,5-7H2,1-4H3. The molecule has 3 heteroatoms. The van der Waals surface area contributed by atoms with E-state index < -0.39 is 6.10 Å². The molecular weight excluding hydrogens is 180 g/mol. The summed E-state index contributed by atoms with van der Waals surface area (Å²) in [4.78, 5) is 11.2. The summed E-state index contributed by atoms with van der Waals surface area (Å²) in [6.45, 7) is 8.13. The molecule has 0 rings (SSSR count). The summed E-state index contributed by atoms with van der Waals surface area (Å²) in [6, 6.07) is 0. The van der Waals surface area contributed by atoms with E-state index in [1.54, 1.807) is 6.92 Å². The number of ether oxygens (including phenoxy) is 1. The van der Waals surface area contributed by atoms with E-state index in [0.717, 1.165) is 6.42 Å². The van der Waals surface area contributed by atoms with Gasteiger partial charge in [0, 0.05) is 0 Å². The number of rotatable bonds is 6. The van der Waals surface area contributed by atoms with Crippen molar-refractivity contribution in [2.45, 2.75) is 46.6 Å². The molecule has 0 fully saturated rings. The van der Waals surface area contributed by atoms with E-state index >= 15 is 0 Å². The Labute approximate surface area is 86.5 Å². The van der Waals surface area contributed by atoms with Crippen LogP contribution < -0.4 is 0 Å². The van der Waals surface area contributed by atoms with Gasteiger partial charge in [0.05, 0.1) is 19.1 Å². The van der Waals surface area contributed by atoms with Crippen LogP contribution in [0.2, 0.25) is 0 Å². The van der Waals surface area contributed by atoms with Crippen molar-refractivity contribution in [3.63, 3.8) is 0 Å². The molecule has 0 aromatic heterocycles. The molecule has 84 valence electrons. The zero-order valence-electron chi connectivity index (χ0n) is 9.62. The molecule has 0 aliphatic carbocycles. The molecule has 3 nitrogen and oxygen atoms in total. The molecule has 0 saturated carbocycles. The predicted octanol–water partition coefficient (Wildman–Crippen LogP) is 1.98. The minimum atomic E-state index is -0.453. The second-order valence-electron chi connectivity index (χ2n) is 4.12. The highest BCUT2D eigenvalue weighted by Gasteiger charge is 2.15. The van der Waals surface area contributed by atoms with E-state index in [-0.39, 0.29) is 11.9 Å². The van der Waals surface area contributed by atoms with Crippen LogP contribution in [0.1, 0.15) is 40.5 Å². The van der Waals surface area contributed by atoms with Gasteiger partial charge in [-0.2, -0.15) is 0 Å². The van der Waals surface area contributed by atoms with Gasteiger partial charge >= 0.3 is 5.97 Å². The van der Waals surface area contributed by atoms with Crippen LogP contribution in [-0.2, 0) is 9.53 Å². The fourth-order valence-corrected chi connectivity index (χ4v) is 0.845. The van der Waals surface area contributed by atoms with Crippen molar-refractivity contribution >= 4 is 5.97 Å². The summed E-state index contributed by atoms with van der Waals surface area (Å²) in [5.41, 5.74) is 0. The lowest BCUT2D eigenvalue weighted by atomic mass is 10.0. The van der Waals surface area contributed by atoms with E-state index in [9.17, 15) is 9.90 Å². The van der Waals surface area contributed by atoms with Crippen LogP contribution in [0.3, 0.4) is 0 Å². The number of carbonyl (C=O) groups is 1. The smallest absolute Gasteiger partial charge is 0.306 e. The maximum absolute atomic E-state index is 11.2. The zero-order chi connectivity index (χ0) is 11.1. The van der Waals surface area contributed by atoms with Crippen molar-refractivity contribution in [2.75, 3.05) is 6.61 Å². The maximum atomic E-state index is 11.2. The van der Waals surface area contributed by atoms with Crippen LogP contribution >= 0.6 is 0 Å². The van der Waals surface area contributed by atoms with E-state index in [4.69, 9.17) is 4.74 Å². The van der Waals surface area contributed by atoms with Gasteiger partial charge in [-0.3, -0.25) is 4.79 Å². The molecule has 0 saturated heterocycles. The van der Waals surface area contributed by atoms with Crippen LogP contribution in [0.25, 0.3) is 0 Å². The first kappa shape index (κ1) is 13.4. The first-order chi connectivity index (χ1) is 6.47. The molecule has 0 bridgehead atoms. The number of hydrogen-bond donors (Lipinski definition) is 1. The van der Waals surface area contributed by atoms with Crippen molar-refractivity contribution in [1.29, 1.82) is 0 Å². The van der Waals surface area contributed by atoms with Crippen LogP contribution in [-0.4, -0.2) is 23.8 Å². The molecule has 0 aromatic rings. The summed E-state index contributed by atoms with van der Waals surface area (Å²) in [5.74, 6) is 0.180. The molecule has 0 aromatic carbocycles. The Balaban J connectivity index is 3.65. The summed E-state index contributed by atoms with van der Waals surface area (Å²) in [7, 11) is 0. The highest BCUT2D eigenvalue weighted by Crippen LogP contribution is 2.09. The average Bonchev–Trinajstić information content (AvgIpc) is 2.13. The molecule has 0 spiro atoms. The van der Waals surface area contributed by atoms with E-state index in [0.29, 0.717) is 18.9 Å². The Hall–Kier alpha value is -0.570. The monoisotopic (exact) mass is 202 g/mol. The van der Waals surface area contributed by atoms with Gasteiger partial charge in [-0.05, 0) is 18.8 Å². The summed E-state index contributed by atoms with van der Waals surface area (Å²) in [6.07, 6.45) is 0.860. The summed E-state index contributed by atoms with van der Waals surface area (Å²) in [5, 5.41) is 9.19. The Kier molecular flexibility index (Phi) is 6.54. The lowest BCUT2D eigenvalue weighted by Gasteiger charge is -2.14. The molecule has 1 N–H and O–H groups in total.